The fourth-order valence-electron chi connectivity index (χ4n) is 1.19. The molecule has 1 aromatic rings. The van der Waals surface area contributed by atoms with Gasteiger partial charge in [-0.05, 0) is 23.1 Å². The van der Waals surface area contributed by atoms with Crippen molar-refractivity contribution in [2.45, 2.75) is 19.8 Å². The number of rotatable bonds is 3. The summed E-state index contributed by atoms with van der Waals surface area (Å²) in [5.74, 6) is -2.28. The van der Waals surface area contributed by atoms with Crippen molar-refractivity contribution in [1.29, 1.82) is 0 Å². The van der Waals surface area contributed by atoms with E-state index in [4.69, 9.17) is 5.11 Å². The van der Waals surface area contributed by atoms with Crippen molar-refractivity contribution in [3.63, 3.8) is 0 Å². The average molecular weight is 208 g/mol. The van der Waals surface area contributed by atoms with Crippen molar-refractivity contribution in [3.8, 4) is 0 Å². The van der Waals surface area contributed by atoms with Crippen molar-refractivity contribution < 1.29 is 14.3 Å². The fourth-order valence-corrected chi connectivity index (χ4v) is 1.19. The lowest BCUT2D eigenvalue weighted by Gasteiger charge is -2.04. The fraction of sp³-hybridized carbons (Fsp3) is 0.250. The average Bonchev–Trinajstić information content (AvgIpc) is 2.18. The Morgan fingerprint density at radius 3 is 2.27 bits per heavy atom. The van der Waals surface area contributed by atoms with Crippen LogP contribution in [-0.2, 0) is 4.79 Å². The first kappa shape index (κ1) is 11.4. The molecule has 0 unspecified atom stereocenters. The molecule has 0 fully saturated rings. The Morgan fingerprint density at radius 2 is 1.87 bits per heavy atom. The minimum Gasteiger partial charge on any atom is -0.476 e. The Kier molecular flexibility index (Phi) is 3.61. The maximum Gasteiger partial charge on any atom is 0.364 e. The number of hydrogen-bond donors (Lipinski definition) is 1. The predicted molar refractivity (Wildman–Crippen MR) is 57.3 cm³/mol. The van der Waals surface area contributed by atoms with Crippen molar-refractivity contribution in [2.75, 3.05) is 0 Å². The molecule has 0 saturated heterocycles. The third kappa shape index (κ3) is 3.20. The third-order valence-electron chi connectivity index (χ3n) is 2.10. The first-order valence-corrected chi connectivity index (χ1v) is 4.71. The quantitative estimate of drug-likeness (QED) is 0.774. The number of carboxylic acid groups (broad SMARTS) is 1. The molecule has 0 spiro atoms. The summed E-state index contributed by atoms with van der Waals surface area (Å²) in [7, 11) is 0. The molecule has 0 aromatic heterocycles. The van der Waals surface area contributed by atoms with E-state index in [0.717, 1.165) is 11.6 Å². The van der Waals surface area contributed by atoms with E-state index in [-0.39, 0.29) is 0 Å². The van der Waals surface area contributed by atoms with Gasteiger partial charge in [-0.3, -0.25) is 0 Å². The topological polar surface area (TPSA) is 37.3 Å². The third-order valence-corrected chi connectivity index (χ3v) is 2.10. The van der Waals surface area contributed by atoms with Crippen LogP contribution < -0.4 is 0 Å². The second kappa shape index (κ2) is 4.73. The first-order valence-electron chi connectivity index (χ1n) is 4.71. The minimum absolute atomic E-state index is 0.410. The largest absolute Gasteiger partial charge is 0.476 e. The van der Waals surface area contributed by atoms with Crippen molar-refractivity contribution in [2.24, 2.45) is 0 Å². The molecule has 80 valence electrons. The number of aliphatic carboxylic acids is 1. The van der Waals surface area contributed by atoms with Gasteiger partial charge in [-0.2, -0.15) is 4.39 Å². The first-order chi connectivity index (χ1) is 7.00. The standard InChI is InChI=1S/C12H13FO2/c1-8(2)10-5-3-9(4-6-10)7-11(13)12(14)15/h3-8H,1-2H3,(H,14,15). The van der Waals surface area contributed by atoms with Gasteiger partial charge in [-0.15, -0.1) is 0 Å². The molecule has 0 aliphatic heterocycles. The molecule has 15 heavy (non-hydrogen) atoms. The lowest BCUT2D eigenvalue weighted by Crippen LogP contribution is -1.94. The zero-order valence-corrected chi connectivity index (χ0v) is 8.70. The summed E-state index contributed by atoms with van der Waals surface area (Å²) in [5.41, 5.74) is 1.70. The molecule has 0 radical (unpaired) electrons. The monoisotopic (exact) mass is 208 g/mol. The van der Waals surface area contributed by atoms with Crippen LogP contribution in [0.5, 0.6) is 0 Å². The molecule has 0 bridgehead atoms. The molecular weight excluding hydrogens is 195 g/mol. The van der Waals surface area contributed by atoms with Gasteiger partial charge in [0.1, 0.15) is 0 Å². The Bertz CT molecular complexity index is 377. The highest BCUT2D eigenvalue weighted by Gasteiger charge is 2.05. The van der Waals surface area contributed by atoms with E-state index in [2.05, 4.69) is 13.8 Å². The van der Waals surface area contributed by atoms with E-state index in [1.807, 2.05) is 12.1 Å². The van der Waals surface area contributed by atoms with Crippen molar-refractivity contribution in [3.05, 3.63) is 41.2 Å². The summed E-state index contributed by atoms with van der Waals surface area (Å²) in [6, 6.07) is 7.15. The predicted octanol–water partition coefficient (Wildman–Crippen LogP) is 3.21. The number of halogens is 1. The summed E-state index contributed by atoms with van der Waals surface area (Å²) < 4.78 is 12.7. The van der Waals surface area contributed by atoms with Crippen LogP contribution >= 0.6 is 0 Å². The van der Waals surface area contributed by atoms with Crippen molar-refractivity contribution in [1.82, 2.24) is 0 Å². The molecule has 0 amide bonds. The van der Waals surface area contributed by atoms with Gasteiger partial charge in [-0.25, -0.2) is 4.79 Å². The molecule has 0 saturated carbocycles. The Hall–Kier alpha value is -1.64. The van der Waals surface area contributed by atoms with E-state index in [1.165, 1.54) is 0 Å². The van der Waals surface area contributed by atoms with Crippen LogP contribution in [0, 0.1) is 0 Å². The lowest BCUT2D eigenvalue weighted by atomic mass is 10.0. The number of carbonyl (C=O) groups is 1. The normalized spacial score (nSPS) is 11.9. The van der Waals surface area contributed by atoms with Crippen molar-refractivity contribution >= 4 is 12.0 Å². The molecule has 0 aliphatic rings. The molecule has 3 heteroatoms. The Balaban J connectivity index is 2.90. The number of hydrogen-bond acceptors (Lipinski definition) is 1. The highest BCUT2D eigenvalue weighted by atomic mass is 19.1. The summed E-state index contributed by atoms with van der Waals surface area (Å²) >= 11 is 0. The van der Waals surface area contributed by atoms with Gasteiger partial charge in [0.15, 0.2) is 0 Å². The molecule has 0 atom stereocenters. The van der Waals surface area contributed by atoms with Gasteiger partial charge in [0.2, 0.25) is 5.83 Å². The molecule has 2 nitrogen and oxygen atoms in total. The molecular formula is C12H13FO2. The molecule has 1 N–H and O–H groups in total. The molecule has 1 rings (SSSR count). The molecule has 0 aliphatic carbocycles. The Morgan fingerprint density at radius 1 is 1.33 bits per heavy atom. The van der Waals surface area contributed by atoms with Gasteiger partial charge in [0.05, 0.1) is 0 Å². The maximum absolute atomic E-state index is 12.7. The highest BCUT2D eigenvalue weighted by Crippen LogP contribution is 2.16. The van der Waals surface area contributed by atoms with Crippen LogP contribution in [0.1, 0.15) is 30.9 Å². The second-order valence-electron chi connectivity index (χ2n) is 3.62. The molecule has 1 aromatic carbocycles. The van der Waals surface area contributed by atoms with E-state index in [1.54, 1.807) is 12.1 Å². The van der Waals surface area contributed by atoms with Gasteiger partial charge >= 0.3 is 5.97 Å². The number of carboxylic acids is 1. The van der Waals surface area contributed by atoms with E-state index >= 15 is 0 Å². The number of benzene rings is 1. The lowest BCUT2D eigenvalue weighted by molar-refractivity contribution is -0.134. The van der Waals surface area contributed by atoms with Gasteiger partial charge in [0.25, 0.3) is 0 Å². The minimum atomic E-state index is -1.54. The zero-order chi connectivity index (χ0) is 11.4. The van der Waals surface area contributed by atoms with E-state index in [9.17, 15) is 9.18 Å². The van der Waals surface area contributed by atoms with Gasteiger partial charge in [-0.1, -0.05) is 38.1 Å². The molecule has 0 heterocycles. The summed E-state index contributed by atoms with van der Waals surface area (Å²) in [6.07, 6.45) is 1.01. The highest BCUT2D eigenvalue weighted by molar-refractivity contribution is 5.89. The van der Waals surface area contributed by atoms with E-state index < -0.39 is 11.8 Å². The summed E-state index contributed by atoms with van der Waals surface area (Å²) in [4.78, 5) is 10.2. The van der Waals surface area contributed by atoms with Gasteiger partial charge < -0.3 is 5.11 Å². The van der Waals surface area contributed by atoms with Crippen LogP contribution in [0.15, 0.2) is 30.1 Å². The maximum atomic E-state index is 12.7. The Labute approximate surface area is 88.1 Å². The van der Waals surface area contributed by atoms with Crippen LogP contribution in [-0.4, -0.2) is 11.1 Å². The van der Waals surface area contributed by atoms with Crippen LogP contribution in [0.25, 0.3) is 6.08 Å². The SMILES string of the molecule is CC(C)c1ccc(C=C(F)C(=O)O)cc1. The van der Waals surface area contributed by atoms with Crippen LogP contribution in [0.4, 0.5) is 4.39 Å². The van der Waals surface area contributed by atoms with E-state index in [0.29, 0.717) is 11.5 Å². The van der Waals surface area contributed by atoms with Crippen LogP contribution in [0.2, 0.25) is 0 Å². The second-order valence-corrected chi connectivity index (χ2v) is 3.62. The van der Waals surface area contributed by atoms with Gasteiger partial charge in [0, 0.05) is 0 Å². The summed E-state index contributed by atoms with van der Waals surface area (Å²) in [5, 5.41) is 8.34. The summed E-state index contributed by atoms with van der Waals surface area (Å²) in [6.45, 7) is 4.12. The zero-order valence-electron chi connectivity index (χ0n) is 8.70. The van der Waals surface area contributed by atoms with Crippen LogP contribution in [0.3, 0.4) is 0 Å². The smallest absolute Gasteiger partial charge is 0.364 e.